The summed E-state index contributed by atoms with van der Waals surface area (Å²) in [7, 11) is 1.68. The van der Waals surface area contributed by atoms with Gasteiger partial charge in [0.1, 0.15) is 0 Å². The summed E-state index contributed by atoms with van der Waals surface area (Å²) in [6.07, 6.45) is 3.86. The highest BCUT2D eigenvalue weighted by Gasteiger charge is 2.20. The maximum atomic E-state index is 11.3. The third-order valence-electron chi connectivity index (χ3n) is 2.79. The molecule has 0 saturated carbocycles. The van der Waals surface area contributed by atoms with E-state index in [9.17, 15) is 9.59 Å². The van der Waals surface area contributed by atoms with Crippen LogP contribution < -0.4 is 11.1 Å². The van der Waals surface area contributed by atoms with Gasteiger partial charge in [-0.05, 0) is 19.4 Å². The van der Waals surface area contributed by atoms with Gasteiger partial charge in [-0.15, -0.1) is 0 Å². The van der Waals surface area contributed by atoms with Gasteiger partial charge >= 0.3 is 0 Å². The second kappa shape index (κ2) is 7.40. The molecule has 0 aromatic carbocycles. The van der Waals surface area contributed by atoms with Crippen molar-refractivity contribution in [1.82, 2.24) is 5.32 Å². The van der Waals surface area contributed by atoms with E-state index in [2.05, 4.69) is 19.2 Å². The van der Waals surface area contributed by atoms with Crippen molar-refractivity contribution >= 4 is 11.7 Å². The number of primary amides is 1. The summed E-state index contributed by atoms with van der Waals surface area (Å²) < 4.78 is 0. The Morgan fingerprint density at radius 3 is 2.33 bits per heavy atom. The molecule has 0 bridgehead atoms. The van der Waals surface area contributed by atoms with E-state index in [4.69, 9.17) is 5.73 Å². The molecule has 0 radical (unpaired) electrons. The van der Waals surface area contributed by atoms with Gasteiger partial charge < -0.3 is 11.1 Å². The second-order valence-electron chi connectivity index (χ2n) is 4.01. The molecule has 4 heteroatoms. The van der Waals surface area contributed by atoms with E-state index < -0.39 is 17.7 Å². The van der Waals surface area contributed by atoms with E-state index in [0.29, 0.717) is 12.3 Å². The Bertz CT molecular complexity index is 217. The molecule has 0 rings (SSSR count). The van der Waals surface area contributed by atoms with Gasteiger partial charge in [-0.1, -0.05) is 33.1 Å². The van der Waals surface area contributed by atoms with Crippen LogP contribution in [-0.4, -0.2) is 24.8 Å². The van der Waals surface area contributed by atoms with Crippen molar-refractivity contribution in [2.45, 2.75) is 45.6 Å². The quantitative estimate of drug-likeness (QED) is 0.588. The minimum Gasteiger partial charge on any atom is -0.363 e. The molecule has 0 saturated heterocycles. The molecular formula is C11H22N2O2. The third kappa shape index (κ3) is 5.52. The van der Waals surface area contributed by atoms with Crippen molar-refractivity contribution in [3.63, 3.8) is 0 Å². The molecule has 2 atom stereocenters. The lowest BCUT2D eigenvalue weighted by molar-refractivity contribution is -0.137. The third-order valence-corrected chi connectivity index (χ3v) is 2.79. The van der Waals surface area contributed by atoms with Gasteiger partial charge in [0.15, 0.2) is 0 Å². The van der Waals surface area contributed by atoms with Crippen LogP contribution in [0.15, 0.2) is 0 Å². The van der Waals surface area contributed by atoms with Gasteiger partial charge in [-0.25, -0.2) is 0 Å². The highest BCUT2D eigenvalue weighted by molar-refractivity contribution is 6.37. The zero-order chi connectivity index (χ0) is 11.8. The average Bonchev–Trinajstić information content (AvgIpc) is 2.22. The first-order chi connectivity index (χ1) is 7.02. The predicted molar refractivity (Wildman–Crippen MR) is 60.4 cm³/mol. The van der Waals surface area contributed by atoms with Crippen LogP contribution in [0, 0.1) is 5.92 Å². The molecule has 0 fully saturated rings. The number of ketones is 1. The standard InChI is InChI=1S/C11H22N2O2/c1-4-8(2)6-5-7-9(13-3)10(14)11(12)15/h8-9,13H,4-7H2,1-3H3,(H2,12,15). The molecule has 0 heterocycles. The van der Waals surface area contributed by atoms with Crippen LogP contribution in [0.25, 0.3) is 0 Å². The highest BCUT2D eigenvalue weighted by atomic mass is 16.2. The Kier molecular flexibility index (Phi) is 6.96. The van der Waals surface area contributed by atoms with Crippen LogP contribution in [0.2, 0.25) is 0 Å². The molecule has 4 nitrogen and oxygen atoms in total. The SMILES string of the molecule is CCC(C)CCCC(NC)C(=O)C(N)=O. The summed E-state index contributed by atoms with van der Waals surface area (Å²) in [6, 6.07) is -0.411. The van der Waals surface area contributed by atoms with Gasteiger partial charge in [0, 0.05) is 0 Å². The fourth-order valence-corrected chi connectivity index (χ4v) is 1.45. The van der Waals surface area contributed by atoms with Crippen molar-refractivity contribution in [1.29, 1.82) is 0 Å². The van der Waals surface area contributed by atoms with Gasteiger partial charge in [0.05, 0.1) is 6.04 Å². The summed E-state index contributed by atoms with van der Waals surface area (Å²) in [5, 5.41) is 2.82. The smallest absolute Gasteiger partial charge is 0.286 e. The largest absolute Gasteiger partial charge is 0.363 e. The zero-order valence-electron chi connectivity index (χ0n) is 9.88. The monoisotopic (exact) mass is 214 g/mol. The second-order valence-corrected chi connectivity index (χ2v) is 4.01. The number of amides is 1. The maximum Gasteiger partial charge on any atom is 0.286 e. The Morgan fingerprint density at radius 2 is 1.93 bits per heavy atom. The molecule has 0 aliphatic carbocycles. The first-order valence-corrected chi connectivity index (χ1v) is 5.53. The summed E-state index contributed by atoms with van der Waals surface area (Å²) >= 11 is 0. The fourth-order valence-electron chi connectivity index (χ4n) is 1.45. The van der Waals surface area contributed by atoms with Crippen molar-refractivity contribution < 1.29 is 9.59 Å². The molecule has 1 amide bonds. The van der Waals surface area contributed by atoms with Crippen molar-refractivity contribution in [2.75, 3.05) is 7.05 Å². The van der Waals surface area contributed by atoms with E-state index in [0.717, 1.165) is 19.3 Å². The fraction of sp³-hybridized carbons (Fsp3) is 0.818. The zero-order valence-corrected chi connectivity index (χ0v) is 9.88. The summed E-state index contributed by atoms with van der Waals surface area (Å²) in [5.41, 5.74) is 4.94. The average molecular weight is 214 g/mol. The normalized spacial score (nSPS) is 14.6. The van der Waals surface area contributed by atoms with Gasteiger partial charge in [-0.2, -0.15) is 0 Å². The molecule has 0 aromatic heterocycles. The number of likely N-dealkylation sites (N-methyl/N-ethyl adjacent to an activating group) is 1. The van der Waals surface area contributed by atoms with Gasteiger partial charge in [0.25, 0.3) is 5.91 Å². The van der Waals surface area contributed by atoms with Crippen molar-refractivity contribution in [3.05, 3.63) is 0 Å². The molecule has 3 N–H and O–H groups in total. The molecule has 0 aromatic rings. The number of hydrogen-bond acceptors (Lipinski definition) is 3. The number of nitrogens with one attached hydrogen (secondary N) is 1. The molecule has 0 aliphatic rings. The number of hydrogen-bond donors (Lipinski definition) is 2. The van der Waals surface area contributed by atoms with Crippen molar-refractivity contribution in [3.8, 4) is 0 Å². The Labute approximate surface area is 91.6 Å². The lowest BCUT2D eigenvalue weighted by Gasteiger charge is -2.14. The minimum atomic E-state index is -0.849. The topological polar surface area (TPSA) is 72.2 Å². The molecular weight excluding hydrogens is 192 g/mol. The van der Waals surface area contributed by atoms with E-state index in [1.807, 2.05) is 0 Å². The van der Waals surface area contributed by atoms with E-state index in [-0.39, 0.29) is 0 Å². The van der Waals surface area contributed by atoms with Crippen LogP contribution in [0.5, 0.6) is 0 Å². The van der Waals surface area contributed by atoms with Gasteiger partial charge in [-0.3, -0.25) is 9.59 Å². The Morgan fingerprint density at radius 1 is 1.33 bits per heavy atom. The number of carbonyl (C=O) groups is 2. The minimum absolute atomic E-state index is 0.411. The molecule has 15 heavy (non-hydrogen) atoms. The first kappa shape index (κ1) is 14.1. The number of nitrogens with two attached hydrogens (primary N) is 1. The number of rotatable bonds is 8. The lowest BCUT2D eigenvalue weighted by Crippen LogP contribution is -2.41. The van der Waals surface area contributed by atoms with E-state index >= 15 is 0 Å². The first-order valence-electron chi connectivity index (χ1n) is 5.53. The summed E-state index contributed by atoms with van der Waals surface area (Å²) in [6.45, 7) is 4.33. The Balaban J connectivity index is 3.91. The number of Topliss-reactive ketones (excluding diaryl/α,β-unsaturated/α-hetero) is 1. The molecule has 88 valence electrons. The predicted octanol–water partition coefficient (Wildman–Crippen LogP) is 0.845. The van der Waals surface area contributed by atoms with E-state index in [1.165, 1.54) is 0 Å². The summed E-state index contributed by atoms with van der Waals surface area (Å²) in [4.78, 5) is 22.0. The summed E-state index contributed by atoms with van der Waals surface area (Å²) in [5.74, 6) is -0.689. The van der Waals surface area contributed by atoms with E-state index in [1.54, 1.807) is 7.05 Å². The highest BCUT2D eigenvalue weighted by Crippen LogP contribution is 2.12. The maximum absolute atomic E-state index is 11.3. The van der Waals surface area contributed by atoms with Crippen LogP contribution in [0.1, 0.15) is 39.5 Å². The van der Waals surface area contributed by atoms with Crippen molar-refractivity contribution in [2.24, 2.45) is 11.7 Å². The Hall–Kier alpha value is -0.900. The van der Waals surface area contributed by atoms with Crippen LogP contribution in [0.3, 0.4) is 0 Å². The van der Waals surface area contributed by atoms with Crippen LogP contribution >= 0.6 is 0 Å². The molecule has 2 unspecified atom stereocenters. The van der Waals surface area contributed by atoms with Crippen LogP contribution in [-0.2, 0) is 9.59 Å². The molecule has 0 spiro atoms. The lowest BCUT2D eigenvalue weighted by atomic mass is 9.98. The van der Waals surface area contributed by atoms with Gasteiger partial charge in [0.2, 0.25) is 5.78 Å². The number of carbonyl (C=O) groups excluding carboxylic acids is 2. The van der Waals surface area contributed by atoms with Crippen LogP contribution in [0.4, 0.5) is 0 Å². The molecule has 0 aliphatic heterocycles.